The minimum atomic E-state index is 0.446. The Kier molecular flexibility index (Phi) is 4.38. The minimum absolute atomic E-state index is 0.446. The molecule has 18 heavy (non-hydrogen) atoms. The summed E-state index contributed by atoms with van der Waals surface area (Å²) in [5.41, 5.74) is 0.446. The molecule has 0 amide bonds. The van der Waals surface area contributed by atoms with Gasteiger partial charge in [-0.3, -0.25) is 4.90 Å². The first kappa shape index (κ1) is 14.3. The van der Waals surface area contributed by atoms with Gasteiger partial charge < -0.3 is 5.32 Å². The molecule has 4 atom stereocenters. The molecule has 1 aliphatic heterocycles. The molecule has 4 unspecified atom stereocenters. The topological polar surface area (TPSA) is 15.3 Å². The molecular formula is C16H32N2. The lowest BCUT2D eigenvalue weighted by molar-refractivity contribution is 0.0152. The first-order valence-corrected chi connectivity index (χ1v) is 7.85. The predicted octanol–water partition coefficient (Wildman–Crippen LogP) is 3.13. The fourth-order valence-electron chi connectivity index (χ4n) is 4.57. The monoisotopic (exact) mass is 252 g/mol. The van der Waals surface area contributed by atoms with Crippen LogP contribution in [0.4, 0.5) is 0 Å². The molecule has 1 N–H and O–H groups in total. The van der Waals surface area contributed by atoms with Crippen molar-refractivity contribution in [3.8, 4) is 0 Å². The van der Waals surface area contributed by atoms with Crippen LogP contribution in [-0.2, 0) is 0 Å². The molecule has 2 heteroatoms. The number of nitrogens with one attached hydrogen (secondary N) is 1. The smallest absolute Gasteiger partial charge is 0.0271 e. The Balaban J connectivity index is 2.10. The lowest BCUT2D eigenvalue weighted by atomic mass is 9.69. The number of hydrogen-bond donors (Lipinski definition) is 1. The van der Waals surface area contributed by atoms with E-state index in [0.717, 1.165) is 17.9 Å². The fourth-order valence-corrected chi connectivity index (χ4v) is 4.57. The average molecular weight is 252 g/mol. The Morgan fingerprint density at radius 3 is 2.28 bits per heavy atom. The maximum absolute atomic E-state index is 3.63. The lowest BCUT2D eigenvalue weighted by Gasteiger charge is -2.51. The Hall–Kier alpha value is -0.0800. The number of nitrogens with zero attached hydrogens (tertiary/aromatic N) is 1. The van der Waals surface area contributed by atoms with Crippen molar-refractivity contribution in [1.29, 1.82) is 0 Å². The van der Waals surface area contributed by atoms with Crippen molar-refractivity contribution < 1.29 is 0 Å². The van der Waals surface area contributed by atoms with Crippen LogP contribution >= 0.6 is 0 Å². The summed E-state index contributed by atoms with van der Waals surface area (Å²) in [6.45, 7) is 12.3. The molecule has 2 aliphatic rings. The number of likely N-dealkylation sites (tertiary alicyclic amines) is 1. The highest BCUT2D eigenvalue weighted by Crippen LogP contribution is 2.39. The molecule has 0 aromatic carbocycles. The second-order valence-corrected chi connectivity index (χ2v) is 7.61. The molecule has 1 aliphatic carbocycles. The van der Waals surface area contributed by atoms with Gasteiger partial charge in [0.25, 0.3) is 0 Å². The number of piperidine rings is 1. The van der Waals surface area contributed by atoms with Crippen molar-refractivity contribution in [3.63, 3.8) is 0 Å². The molecule has 0 spiro atoms. The molecule has 2 fully saturated rings. The van der Waals surface area contributed by atoms with Gasteiger partial charge in [-0.1, -0.05) is 34.1 Å². The summed E-state index contributed by atoms with van der Waals surface area (Å²) in [6.07, 6.45) is 5.56. The average Bonchev–Trinajstić information content (AvgIpc) is 2.26. The van der Waals surface area contributed by atoms with Crippen LogP contribution in [0.5, 0.6) is 0 Å². The highest BCUT2D eigenvalue weighted by molar-refractivity contribution is 4.98. The van der Waals surface area contributed by atoms with Crippen LogP contribution in [0.1, 0.15) is 53.4 Å². The summed E-state index contributed by atoms with van der Waals surface area (Å²) in [7, 11) is 2.15. The second-order valence-electron chi connectivity index (χ2n) is 7.61. The van der Waals surface area contributed by atoms with Crippen molar-refractivity contribution in [1.82, 2.24) is 10.2 Å². The van der Waals surface area contributed by atoms with Gasteiger partial charge >= 0.3 is 0 Å². The lowest BCUT2D eigenvalue weighted by Crippen LogP contribution is -2.60. The third-order valence-corrected chi connectivity index (χ3v) is 5.22. The normalized spacial score (nSPS) is 41.8. The van der Waals surface area contributed by atoms with E-state index in [1.165, 1.54) is 38.8 Å². The van der Waals surface area contributed by atoms with Crippen molar-refractivity contribution in [2.45, 2.75) is 65.5 Å². The van der Waals surface area contributed by atoms with Gasteiger partial charge in [-0.25, -0.2) is 0 Å². The van der Waals surface area contributed by atoms with Gasteiger partial charge in [0.2, 0.25) is 0 Å². The van der Waals surface area contributed by atoms with E-state index in [4.69, 9.17) is 0 Å². The highest BCUT2D eigenvalue weighted by atomic mass is 15.2. The van der Waals surface area contributed by atoms with Crippen molar-refractivity contribution in [2.24, 2.45) is 17.3 Å². The van der Waals surface area contributed by atoms with Gasteiger partial charge in [0.05, 0.1) is 0 Å². The molecule has 0 bridgehead atoms. The maximum Gasteiger partial charge on any atom is 0.0271 e. The van der Waals surface area contributed by atoms with Crippen molar-refractivity contribution in [3.05, 3.63) is 0 Å². The molecule has 2 nitrogen and oxygen atoms in total. The Morgan fingerprint density at radius 1 is 1.11 bits per heavy atom. The maximum atomic E-state index is 3.63. The minimum Gasteiger partial charge on any atom is -0.315 e. The van der Waals surface area contributed by atoms with Gasteiger partial charge in [-0.15, -0.1) is 0 Å². The SMILES string of the molecule is CNC1C(N2CC(C)CC(C)C2)CCCC1(C)C. The van der Waals surface area contributed by atoms with Crippen LogP contribution in [0.2, 0.25) is 0 Å². The number of rotatable bonds is 2. The molecule has 0 aromatic heterocycles. The van der Waals surface area contributed by atoms with E-state index in [2.05, 4.69) is 45.0 Å². The van der Waals surface area contributed by atoms with Crippen LogP contribution in [0, 0.1) is 17.3 Å². The van der Waals surface area contributed by atoms with Gasteiger partial charge in [-0.2, -0.15) is 0 Å². The molecule has 1 heterocycles. The van der Waals surface area contributed by atoms with Crippen LogP contribution < -0.4 is 5.32 Å². The predicted molar refractivity (Wildman–Crippen MR) is 78.8 cm³/mol. The molecule has 0 aromatic rings. The third-order valence-electron chi connectivity index (χ3n) is 5.22. The second kappa shape index (κ2) is 5.50. The van der Waals surface area contributed by atoms with Gasteiger partial charge in [0, 0.05) is 25.2 Å². The Bertz CT molecular complexity index is 264. The zero-order valence-electron chi connectivity index (χ0n) is 13.0. The van der Waals surface area contributed by atoms with Crippen LogP contribution in [-0.4, -0.2) is 37.1 Å². The Labute approximate surface area is 114 Å². The molecule has 1 saturated heterocycles. The summed E-state index contributed by atoms with van der Waals surface area (Å²) in [6, 6.07) is 1.41. The van der Waals surface area contributed by atoms with Gasteiger partial charge in [0.1, 0.15) is 0 Å². The number of likely N-dealkylation sites (N-methyl/N-ethyl adjacent to an activating group) is 1. The fraction of sp³-hybridized carbons (Fsp3) is 1.00. The van der Waals surface area contributed by atoms with E-state index in [-0.39, 0.29) is 0 Å². The largest absolute Gasteiger partial charge is 0.315 e. The first-order chi connectivity index (χ1) is 8.44. The standard InChI is InChI=1S/C16H32N2/c1-12-9-13(2)11-18(10-12)14-7-6-8-16(3,4)15(14)17-5/h12-15,17H,6-11H2,1-5H3. The summed E-state index contributed by atoms with van der Waals surface area (Å²) < 4.78 is 0. The highest BCUT2D eigenvalue weighted by Gasteiger charge is 2.41. The van der Waals surface area contributed by atoms with Crippen LogP contribution in [0.3, 0.4) is 0 Å². The molecule has 1 saturated carbocycles. The van der Waals surface area contributed by atoms with Gasteiger partial charge in [-0.05, 0) is 43.6 Å². The Morgan fingerprint density at radius 2 is 1.72 bits per heavy atom. The van der Waals surface area contributed by atoms with E-state index < -0.39 is 0 Å². The van der Waals surface area contributed by atoms with Crippen molar-refractivity contribution >= 4 is 0 Å². The molecular weight excluding hydrogens is 220 g/mol. The number of hydrogen-bond acceptors (Lipinski definition) is 2. The van der Waals surface area contributed by atoms with E-state index in [0.29, 0.717) is 11.5 Å². The van der Waals surface area contributed by atoms with E-state index in [1.807, 2.05) is 0 Å². The summed E-state index contributed by atoms with van der Waals surface area (Å²) >= 11 is 0. The van der Waals surface area contributed by atoms with E-state index in [9.17, 15) is 0 Å². The van der Waals surface area contributed by atoms with Crippen LogP contribution in [0.15, 0.2) is 0 Å². The van der Waals surface area contributed by atoms with Crippen molar-refractivity contribution in [2.75, 3.05) is 20.1 Å². The van der Waals surface area contributed by atoms with Gasteiger partial charge in [0.15, 0.2) is 0 Å². The summed E-state index contributed by atoms with van der Waals surface area (Å²) in [4.78, 5) is 2.79. The summed E-state index contributed by atoms with van der Waals surface area (Å²) in [5, 5.41) is 3.63. The first-order valence-electron chi connectivity index (χ1n) is 7.85. The quantitative estimate of drug-likeness (QED) is 0.812. The zero-order chi connectivity index (χ0) is 13.3. The third kappa shape index (κ3) is 2.91. The van der Waals surface area contributed by atoms with E-state index >= 15 is 0 Å². The molecule has 2 rings (SSSR count). The molecule has 106 valence electrons. The summed E-state index contributed by atoms with van der Waals surface area (Å²) in [5.74, 6) is 1.74. The molecule has 0 radical (unpaired) electrons. The zero-order valence-corrected chi connectivity index (χ0v) is 13.0. The van der Waals surface area contributed by atoms with E-state index in [1.54, 1.807) is 0 Å². The van der Waals surface area contributed by atoms with Crippen LogP contribution in [0.25, 0.3) is 0 Å².